The normalized spacial score (nSPS) is 13.7. The van der Waals surface area contributed by atoms with Crippen molar-refractivity contribution in [2.45, 2.75) is 46.5 Å². The van der Waals surface area contributed by atoms with E-state index in [-0.39, 0.29) is 24.5 Å². The highest BCUT2D eigenvalue weighted by atomic mass is 16.6. The van der Waals surface area contributed by atoms with Gasteiger partial charge in [0.25, 0.3) is 0 Å². The van der Waals surface area contributed by atoms with Crippen LogP contribution in [0.5, 0.6) is 0 Å². The summed E-state index contributed by atoms with van der Waals surface area (Å²) < 4.78 is 19.5. The van der Waals surface area contributed by atoms with Gasteiger partial charge in [-0.1, -0.05) is 0 Å². The molecule has 0 aromatic carbocycles. The Balaban J connectivity index is 5.76. The van der Waals surface area contributed by atoms with Gasteiger partial charge in [-0.15, -0.1) is 0 Å². The number of carbonyl (C=O) groups excluding carboxylic acids is 4. The van der Waals surface area contributed by atoms with Crippen LogP contribution in [-0.4, -0.2) is 55.0 Å². The van der Waals surface area contributed by atoms with Crippen LogP contribution in [0.2, 0.25) is 0 Å². The highest BCUT2D eigenvalue weighted by Gasteiger charge is 2.29. The van der Waals surface area contributed by atoms with E-state index in [0.29, 0.717) is 0 Å². The zero-order valence-electron chi connectivity index (χ0n) is 14.8. The summed E-state index contributed by atoms with van der Waals surface area (Å²) in [4.78, 5) is 44.6. The average molecular weight is 361 g/mol. The quantitative estimate of drug-likeness (QED) is 0.245. The maximum absolute atomic E-state index is 11.4. The first-order chi connectivity index (χ1) is 11.6. The van der Waals surface area contributed by atoms with E-state index >= 15 is 0 Å². The lowest BCUT2D eigenvalue weighted by Gasteiger charge is -2.24. The fourth-order valence-corrected chi connectivity index (χ4v) is 1.79. The van der Waals surface area contributed by atoms with Gasteiger partial charge in [0.1, 0.15) is 5.70 Å². The first-order valence-electron chi connectivity index (χ1n) is 7.34. The smallest absolute Gasteiger partial charge is 0.307 e. The molecule has 0 bridgehead atoms. The Morgan fingerprint density at radius 3 is 1.88 bits per heavy atom. The first kappa shape index (κ1) is 22.4. The summed E-state index contributed by atoms with van der Waals surface area (Å²) in [6.07, 6.45) is -3.02. The Hall–Kier alpha value is -2.62. The number of ether oxygens (including phenoxy) is 4. The van der Waals surface area contributed by atoms with Crippen LogP contribution in [0.15, 0.2) is 11.5 Å². The minimum absolute atomic E-state index is 0.0558. The number of carbonyl (C=O) groups is 4. The number of likely N-dealkylation sites (N-methyl/N-ethyl adjacent to an activating group) is 1. The molecule has 0 heterocycles. The van der Waals surface area contributed by atoms with E-state index in [1.807, 2.05) is 0 Å². The highest BCUT2D eigenvalue weighted by molar-refractivity contribution is 5.69. The van der Waals surface area contributed by atoms with Crippen molar-refractivity contribution in [1.82, 2.24) is 5.32 Å². The van der Waals surface area contributed by atoms with Gasteiger partial charge in [-0.25, -0.2) is 0 Å². The summed E-state index contributed by atoms with van der Waals surface area (Å²) in [6.45, 7) is 4.37. The first-order valence-corrected chi connectivity index (χ1v) is 7.34. The second-order valence-corrected chi connectivity index (χ2v) is 4.81. The molecular formula is C15H23NO9. The molecular weight excluding hydrogens is 338 g/mol. The summed E-state index contributed by atoms with van der Waals surface area (Å²) in [5.74, 6) is -3.07. The number of aliphatic hydroxyl groups is 1. The van der Waals surface area contributed by atoms with Gasteiger partial charge in [-0.05, 0) is 0 Å². The molecule has 0 saturated heterocycles. The fraction of sp³-hybridized carbons (Fsp3) is 0.600. The third-order valence-corrected chi connectivity index (χ3v) is 2.60. The van der Waals surface area contributed by atoms with Gasteiger partial charge in [0, 0.05) is 41.2 Å². The Kier molecular flexibility index (Phi) is 9.87. The number of hydrogen-bond acceptors (Lipinski definition) is 10. The molecule has 2 unspecified atom stereocenters. The van der Waals surface area contributed by atoms with Crippen LogP contribution in [0.3, 0.4) is 0 Å². The predicted molar refractivity (Wildman–Crippen MR) is 82.4 cm³/mol. The second-order valence-electron chi connectivity index (χ2n) is 4.81. The average Bonchev–Trinajstić information content (AvgIpc) is 2.43. The van der Waals surface area contributed by atoms with Crippen LogP contribution in [0.25, 0.3) is 0 Å². The number of esters is 4. The lowest BCUT2D eigenvalue weighted by molar-refractivity contribution is -0.162. The van der Waals surface area contributed by atoms with E-state index in [0.717, 1.165) is 20.8 Å². The van der Waals surface area contributed by atoms with Crippen molar-refractivity contribution in [2.75, 3.05) is 13.7 Å². The van der Waals surface area contributed by atoms with E-state index in [2.05, 4.69) is 10.1 Å². The van der Waals surface area contributed by atoms with Crippen LogP contribution >= 0.6 is 0 Å². The molecule has 0 amide bonds. The van der Waals surface area contributed by atoms with Crippen LogP contribution in [-0.2, 0) is 38.1 Å². The standard InChI is InChI=1S/C15H23NO9/c1-8(17)22-7-6-12(23-9(2)18)14(24-10(3)19)13(16-5)15(21)25-11(4)20/h12,15-16,21H,6-7H2,1-5H3/b14-13-. The molecule has 2 atom stereocenters. The highest BCUT2D eigenvalue weighted by Crippen LogP contribution is 2.20. The molecule has 0 spiro atoms. The predicted octanol–water partition coefficient (Wildman–Crippen LogP) is -0.253. The maximum atomic E-state index is 11.4. The monoisotopic (exact) mass is 361 g/mol. The minimum atomic E-state index is -1.79. The molecule has 0 aliphatic heterocycles. The summed E-state index contributed by atoms with van der Waals surface area (Å²) in [5, 5.41) is 12.5. The van der Waals surface area contributed by atoms with Gasteiger partial charge in [0.15, 0.2) is 11.9 Å². The van der Waals surface area contributed by atoms with Gasteiger partial charge in [0.2, 0.25) is 6.29 Å². The Bertz CT molecular complexity index is 541. The van der Waals surface area contributed by atoms with Crippen LogP contribution in [0.1, 0.15) is 34.1 Å². The van der Waals surface area contributed by atoms with Crippen molar-refractivity contribution < 1.29 is 43.2 Å². The third-order valence-electron chi connectivity index (χ3n) is 2.60. The van der Waals surface area contributed by atoms with Crippen molar-refractivity contribution >= 4 is 23.9 Å². The molecule has 0 aromatic heterocycles. The lowest BCUT2D eigenvalue weighted by Crippen LogP contribution is -2.34. The molecule has 2 N–H and O–H groups in total. The lowest BCUT2D eigenvalue weighted by atomic mass is 10.1. The zero-order valence-corrected chi connectivity index (χ0v) is 14.8. The number of aliphatic hydroxyl groups excluding tert-OH is 1. The second kappa shape index (κ2) is 11.0. The van der Waals surface area contributed by atoms with Crippen molar-refractivity contribution in [3.8, 4) is 0 Å². The van der Waals surface area contributed by atoms with Gasteiger partial charge in [0.05, 0.1) is 6.61 Å². The van der Waals surface area contributed by atoms with E-state index in [4.69, 9.17) is 14.2 Å². The van der Waals surface area contributed by atoms with Crippen LogP contribution in [0, 0.1) is 0 Å². The van der Waals surface area contributed by atoms with Crippen molar-refractivity contribution in [2.24, 2.45) is 0 Å². The Labute approximate surface area is 145 Å². The van der Waals surface area contributed by atoms with Gasteiger partial charge >= 0.3 is 23.9 Å². The van der Waals surface area contributed by atoms with Crippen LogP contribution < -0.4 is 5.32 Å². The zero-order chi connectivity index (χ0) is 19.6. The molecule has 0 radical (unpaired) electrons. The molecule has 0 rings (SSSR count). The molecule has 10 heteroatoms. The fourth-order valence-electron chi connectivity index (χ4n) is 1.79. The molecule has 0 saturated carbocycles. The van der Waals surface area contributed by atoms with Crippen molar-refractivity contribution in [3.05, 3.63) is 11.5 Å². The van der Waals surface area contributed by atoms with Crippen molar-refractivity contribution in [1.29, 1.82) is 0 Å². The molecule has 0 fully saturated rings. The molecule has 25 heavy (non-hydrogen) atoms. The summed E-state index contributed by atoms with van der Waals surface area (Å²) in [5.41, 5.74) is -0.195. The van der Waals surface area contributed by atoms with Crippen molar-refractivity contribution in [3.63, 3.8) is 0 Å². The summed E-state index contributed by atoms with van der Waals surface area (Å²) in [6, 6.07) is 0. The molecule has 0 aliphatic rings. The topological polar surface area (TPSA) is 137 Å². The SMILES string of the molecule is CN/C(=C(\OC(C)=O)C(CCOC(C)=O)OC(C)=O)C(O)OC(C)=O. The largest absolute Gasteiger partial charge is 0.466 e. The Morgan fingerprint density at radius 2 is 1.48 bits per heavy atom. The molecule has 0 aliphatic carbocycles. The molecule has 0 aromatic rings. The maximum Gasteiger partial charge on any atom is 0.307 e. The third kappa shape index (κ3) is 9.30. The van der Waals surface area contributed by atoms with E-state index < -0.39 is 36.3 Å². The van der Waals surface area contributed by atoms with E-state index in [1.54, 1.807) is 0 Å². The summed E-state index contributed by atoms with van der Waals surface area (Å²) in [7, 11) is 1.38. The van der Waals surface area contributed by atoms with Gasteiger partial charge < -0.3 is 29.4 Å². The van der Waals surface area contributed by atoms with E-state index in [1.165, 1.54) is 14.0 Å². The number of hydrogen-bond donors (Lipinski definition) is 2. The molecule has 10 nitrogen and oxygen atoms in total. The van der Waals surface area contributed by atoms with Gasteiger partial charge in [-0.2, -0.15) is 0 Å². The van der Waals surface area contributed by atoms with Gasteiger partial charge in [-0.3, -0.25) is 19.2 Å². The number of nitrogens with one attached hydrogen (secondary N) is 1. The van der Waals surface area contributed by atoms with Crippen LogP contribution in [0.4, 0.5) is 0 Å². The number of rotatable bonds is 9. The van der Waals surface area contributed by atoms with E-state index in [9.17, 15) is 24.3 Å². The minimum Gasteiger partial charge on any atom is -0.466 e. The Morgan fingerprint density at radius 1 is 0.920 bits per heavy atom. The summed E-state index contributed by atoms with van der Waals surface area (Å²) >= 11 is 0. The molecule has 142 valence electrons.